The summed E-state index contributed by atoms with van der Waals surface area (Å²) in [6.07, 6.45) is 8.86. The minimum Gasteiger partial charge on any atom is -0.457 e. The van der Waals surface area contributed by atoms with Crippen LogP contribution < -0.4 is 14.5 Å². The molecule has 4 saturated carbocycles. The number of para-hydroxylation sites is 3. The molecule has 5 nitrogen and oxygen atoms in total. The zero-order valence-corrected chi connectivity index (χ0v) is 37.6. The van der Waals surface area contributed by atoms with E-state index in [1.54, 1.807) is 0 Å². The first kappa shape index (κ1) is 38.2. The van der Waals surface area contributed by atoms with Gasteiger partial charge in [-0.3, -0.25) is 4.57 Å². The van der Waals surface area contributed by atoms with E-state index in [0.717, 1.165) is 45.9 Å². The van der Waals surface area contributed by atoms with Crippen LogP contribution in [0.4, 0.5) is 22.7 Å². The van der Waals surface area contributed by atoms with E-state index in [1.165, 1.54) is 93.3 Å². The summed E-state index contributed by atoms with van der Waals surface area (Å²) < 4.78 is 9.24. The molecule has 6 aliphatic rings. The zero-order valence-electron chi connectivity index (χ0n) is 37.6. The second kappa shape index (κ2) is 14.2. The Bertz CT molecular complexity index is 3370. The maximum Gasteiger partial charge on any atom is 0.137 e. The summed E-state index contributed by atoms with van der Waals surface area (Å²) in [5.74, 6) is 5.64. The number of hydrogen-bond acceptors (Lipinski definition) is 4. The SMILES string of the molecule is CC1(C)c2ccccc2-c2ccc(N3CN(c4cccc(Oc5ccc6c7ccccc7n(-c7cc(C8(c9ccccc9)C9CC%10CC(C9)CC8C%10)ccn7)c6c5)c4)c4ccccc43)cc21. The van der Waals surface area contributed by atoms with Crippen LogP contribution in [-0.4, -0.2) is 16.2 Å². The number of benzene rings is 7. The van der Waals surface area contributed by atoms with Gasteiger partial charge in [-0.25, -0.2) is 4.98 Å². The molecule has 5 aliphatic carbocycles. The molecule has 7 aromatic carbocycles. The van der Waals surface area contributed by atoms with Gasteiger partial charge < -0.3 is 14.5 Å². The lowest BCUT2D eigenvalue weighted by molar-refractivity contribution is -0.0418. The molecule has 3 heterocycles. The summed E-state index contributed by atoms with van der Waals surface area (Å²) >= 11 is 0. The molecule has 0 amide bonds. The fourth-order valence-corrected chi connectivity index (χ4v) is 14.2. The molecule has 1 aliphatic heterocycles. The van der Waals surface area contributed by atoms with Gasteiger partial charge in [-0.2, -0.15) is 0 Å². The van der Waals surface area contributed by atoms with E-state index in [-0.39, 0.29) is 10.8 Å². The Kier molecular flexibility index (Phi) is 8.21. The zero-order chi connectivity index (χ0) is 43.7. The summed E-state index contributed by atoms with van der Waals surface area (Å²) in [7, 11) is 0. The van der Waals surface area contributed by atoms with Crippen molar-refractivity contribution in [3.8, 4) is 28.4 Å². The molecular formula is C61H52N4O. The van der Waals surface area contributed by atoms with Crippen molar-refractivity contribution in [1.82, 2.24) is 9.55 Å². The Morgan fingerprint density at radius 2 is 1.17 bits per heavy atom. The Labute approximate surface area is 386 Å². The average molecular weight is 857 g/mol. The van der Waals surface area contributed by atoms with Crippen LogP contribution in [0.25, 0.3) is 38.8 Å². The van der Waals surface area contributed by atoms with Gasteiger partial charge in [0.25, 0.3) is 0 Å². The Morgan fingerprint density at radius 3 is 1.97 bits per heavy atom. The lowest BCUT2D eigenvalue weighted by atomic mass is 9.42. The maximum absolute atomic E-state index is 6.86. The molecule has 2 aromatic heterocycles. The first-order valence-corrected chi connectivity index (χ1v) is 24.1. The van der Waals surface area contributed by atoms with Crippen molar-refractivity contribution in [2.45, 2.75) is 56.8 Å². The second-order valence-corrected chi connectivity index (χ2v) is 20.5. The smallest absolute Gasteiger partial charge is 0.137 e. The molecule has 0 spiro atoms. The number of hydrogen-bond donors (Lipinski definition) is 0. The highest BCUT2D eigenvalue weighted by molar-refractivity contribution is 6.09. The Balaban J connectivity index is 0.813. The monoisotopic (exact) mass is 856 g/mol. The van der Waals surface area contributed by atoms with Crippen molar-refractivity contribution in [2.75, 3.05) is 16.5 Å². The third-order valence-electron chi connectivity index (χ3n) is 16.8. The molecule has 4 fully saturated rings. The summed E-state index contributed by atoms with van der Waals surface area (Å²) in [5.41, 5.74) is 15.2. The van der Waals surface area contributed by atoms with Crippen molar-refractivity contribution in [3.05, 3.63) is 204 Å². The molecule has 0 N–H and O–H groups in total. The van der Waals surface area contributed by atoms with Crippen molar-refractivity contribution in [1.29, 1.82) is 0 Å². The molecular weight excluding hydrogens is 805 g/mol. The Hall–Kier alpha value is -7.11. The predicted molar refractivity (Wildman–Crippen MR) is 269 cm³/mol. The van der Waals surface area contributed by atoms with Crippen LogP contribution in [0.15, 0.2) is 182 Å². The number of rotatable bonds is 7. The van der Waals surface area contributed by atoms with Gasteiger partial charge in [-0.05, 0) is 156 Å². The number of fused-ring (bicyclic) bond motifs is 7. The number of pyridine rings is 1. The van der Waals surface area contributed by atoms with Crippen LogP contribution >= 0.6 is 0 Å². The van der Waals surface area contributed by atoms with Crippen LogP contribution in [0.1, 0.15) is 68.2 Å². The summed E-state index contributed by atoms with van der Waals surface area (Å²) in [5, 5.41) is 2.41. The highest BCUT2D eigenvalue weighted by Crippen LogP contribution is 2.65. The molecule has 0 unspecified atom stereocenters. The molecule has 0 saturated heterocycles. The molecule has 0 atom stereocenters. The highest BCUT2D eigenvalue weighted by Gasteiger charge is 2.58. The van der Waals surface area contributed by atoms with Crippen molar-refractivity contribution in [2.24, 2.45) is 23.7 Å². The first-order chi connectivity index (χ1) is 32.4. The van der Waals surface area contributed by atoms with Gasteiger partial charge in [-0.15, -0.1) is 0 Å². The standard InChI is InChI=1S/C61H52N4O/c1-60(2)53-19-8-6-17-49(53)50-25-23-46(36-54(50)60)64-38-63(56-21-10-11-22-57(56)64)45-15-12-16-47(35-45)66-48-24-26-52-51-18-7-9-20-55(51)65(58(52)37-48)59-34-42(27-28-62-59)61(41-13-4-3-5-14-41)43-30-39-29-40(32-43)33-44(61)31-39/h3-28,34-37,39-40,43-44H,29-33,38H2,1-2H3. The van der Waals surface area contributed by atoms with Crippen molar-refractivity contribution < 1.29 is 4.74 Å². The topological polar surface area (TPSA) is 33.5 Å². The maximum atomic E-state index is 6.86. The summed E-state index contributed by atoms with van der Waals surface area (Å²) in [6.45, 7) is 5.40. The van der Waals surface area contributed by atoms with Crippen LogP contribution in [0, 0.1) is 23.7 Å². The number of aromatic nitrogens is 2. The van der Waals surface area contributed by atoms with Crippen LogP contribution in [0.3, 0.4) is 0 Å². The van der Waals surface area contributed by atoms with E-state index >= 15 is 0 Å². The third-order valence-corrected chi connectivity index (χ3v) is 16.8. The molecule has 9 aromatic rings. The van der Waals surface area contributed by atoms with Crippen LogP contribution in [0.5, 0.6) is 11.5 Å². The average Bonchev–Trinajstić information content (AvgIpc) is 3.97. The quantitative estimate of drug-likeness (QED) is 0.160. The van der Waals surface area contributed by atoms with E-state index in [9.17, 15) is 0 Å². The fraction of sp³-hybridized carbons (Fsp3) is 0.230. The number of ether oxygens (including phenoxy) is 1. The molecule has 66 heavy (non-hydrogen) atoms. The first-order valence-electron chi connectivity index (χ1n) is 24.1. The number of nitrogens with zero attached hydrogens (tertiary/aromatic N) is 4. The van der Waals surface area contributed by atoms with Gasteiger partial charge in [0, 0.05) is 51.3 Å². The van der Waals surface area contributed by atoms with Crippen LogP contribution in [-0.2, 0) is 10.8 Å². The van der Waals surface area contributed by atoms with Crippen LogP contribution in [0.2, 0.25) is 0 Å². The van der Waals surface area contributed by atoms with E-state index in [0.29, 0.717) is 18.5 Å². The predicted octanol–water partition coefficient (Wildman–Crippen LogP) is 15.3. The van der Waals surface area contributed by atoms with Gasteiger partial charge in [0.2, 0.25) is 0 Å². The van der Waals surface area contributed by atoms with Crippen molar-refractivity contribution in [3.63, 3.8) is 0 Å². The lowest BCUT2D eigenvalue weighted by Crippen LogP contribution is -2.56. The van der Waals surface area contributed by atoms with E-state index in [4.69, 9.17) is 9.72 Å². The Morgan fingerprint density at radius 1 is 0.500 bits per heavy atom. The van der Waals surface area contributed by atoms with E-state index in [1.807, 2.05) is 0 Å². The summed E-state index contributed by atoms with van der Waals surface area (Å²) in [6, 6.07) is 64.9. The van der Waals surface area contributed by atoms with Gasteiger partial charge in [0.15, 0.2) is 0 Å². The molecule has 15 rings (SSSR count). The van der Waals surface area contributed by atoms with Gasteiger partial charge in [-0.1, -0.05) is 111 Å². The lowest BCUT2D eigenvalue weighted by Gasteiger charge is -2.62. The molecule has 0 radical (unpaired) electrons. The summed E-state index contributed by atoms with van der Waals surface area (Å²) in [4.78, 5) is 10.0. The normalized spacial score (nSPS) is 23.1. The molecule has 4 bridgehead atoms. The molecule has 322 valence electrons. The second-order valence-electron chi connectivity index (χ2n) is 20.5. The minimum absolute atomic E-state index is 0.00192. The van der Waals surface area contributed by atoms with Gasteiger partial charge >= 0.3 is 0 Å². The molecule has 5 heteroatoms. The van der Waals surface area contributed by atoms with Crippen molar-refractivity contribution >= 4 is 44.6 Å². The number of anilines is 4. The van der Waals surface area contributed by atoms with E-state index in [2.05, 4.69) is 210 Å². The largest absolute Gasteiger partial charge is 0.457 e. The third kappa shape index (κ3) is 5.49. The highest BCUT2D eigenvalue weighted by atomic mass is 16.5. The minimum atomic E-state index is -0.0655. The van der Waals surface area contributed by atoms with Gasteiger partial charge in [0.1, 0.15) is 24.0 Å². The van der Waals surface area contributed by atoms with Gasteiger partial charge in [0.05, 0.1) is 22.4 Å². The van der Waals surface area contributed by atoms with E-state index < -0.39 is 0 Å². The fourth-order valence-electron chi connectivity index (χ4n) is 14.2.